The van der Waals surface area contributed by atoms with Crippen molar-refractivity contribution in [1.82, 2.24) is 0 Å². The van der Waals surface area contributed by atoms with Crippen LogP contribution in [0, 0.1) is 5.82 Å². The van der Waals surface area contributed by atoms with Crippen molar-refractivity contribution < 1.29 is 4.39 Å². The summed E-state index contributed by atoms with van der Waals surface area (Å²) in [5.41, 5.74) is 6.12. The van der Waals surface area contributed by atoms with Crippen molar-refractivity contribution in [3.63, 3.8) is 0 Å². The van der Waals surface area contributed by atoms with E-state index in [1.54, 1.807) is 6.07 Å². The molecule has 1 heteroatoms. The van der Waals surface area contributed by atoms with Gasteiger partial charge in [-0.15, -0.1) is 6.58 Å². The highest BCUT2D eigenvalue weighted by Crippen LogP contribution is 2.28. The molecular weight excluding hydrogens is 331 g/mol. The van der Waals surface area contributed by atoms with Gasteiger partial charge in [0.15, 0.2) is 0 Å². The molecule has 0 amide bonds. The van der Waals surface area contributed by atoms with Crippen molar-refractivity contribution >= 4 is 0 Å². The zero-order valence-electron chi connectivity index (χ0n) is 16.0. The highest BCUT2D eigenvalue weighted by atomic mass is 19.1. The van der Waals surface area contributed by atoms with E-state index in [-0.39, 0.29) is 5.82 Å². The molecule has 3 rings (SSSR count). The zero-order valence-corrected chi connectivity index (χ0v) is 16.0. The first-order chi connectivity index (χ1) is 13.2. The number of hydrogen-bond acceptors (Lipinski definition) is 0. The minimum Gasteiger partial charge on any atom is -0.206 e. The summed E-state index contributed by atoms with van der Waals surface area (Å²) < 4.78 is 14.8. The number of benzene rings is 3. The lowest BCUT2D eigenvalue weighted by Crippen LogP contribution is -1.89. The predicted octanol–water partition coefficient (Wildman–Crippen LogP) is 7.62. The molecule has 0 N–H and O–H groups in total. The number of rotatable bonds is 8. The fourth-order valence-corrected chi connectivity index (χ4v) is 3.29. The quantitative estimate of drug-likeness (QED) is 0.363. The van der Waals surface area contributed by atoms with E-state index in [9.17, 15) is 4.39 Å². The number of aryl methyl sites for hydroxylation is 2. The average molecular weight is 358 g/mol. The Labute approximate surface area is 162 Å². The monoisotopic (exact) mass is 358 g/mol. The van der Waals surface area contributed by atoms with Gasteiger partial charge in [0.1, 0.15) is 5.82 Å². The third-order valence-electron chi connectivity index (χ3n) is 4.98. The van der Waals surface area contributed by atoms with E-state index < -0.39 is 0 Å². The van der Waals surface area contributed by atoms with Gasteiger partial charge in [-0.25, -0.2) is 4.39 Å². The van der Waals surface area contributed by atoms with E-state index >= 15 is 0 Å². The van der Waals surface area contributed by atoms with Crippen LogP contribution in [0.5, 0.6) is 0 Å². The van der Waals surface area contributed by atoms with Crippen molar-refractivity contribution in [1.29, 1.82) is 0 Å². The van der Waals surface area contributed by atoms with Gasteiger partial charge in [-0.05, 0) is 59.6 Å². The summed E-state index contributed by atoms with van der Waals surface area (Å²) in [6.45, 7) is 5.96. The molecule has 0 bridgehead atoms. The molecule has 0 unspecified atom stereocenters. The molecule has 0 saturated carbocycles. The average Bonchev–Trinajstić information content (AvgIpc) is 2.71. The van der Waals surface area contributed by atoms with Crippen LogP contribution in [0.2, 0.25) is 0 Å². The van der Waals surface area contributed by atoms with Crippen LogP contribution in [-0.4, -0.2) is 0 Å². The van der Waals surface area contributed by atoms with Crippen molar-refractivity contribution in [2.45, 2.75) is 39.0 Å². The summed E-state index contributed by atoms with van der Waals surface area (Å²) in [4.78, 5) is 0. The van der Waals surface area contributed by atoms with Crippen molar-refractivity contribution in [2.24, 2.45) is 0 Å². The van der Waals surface area contributed by atoms with E-state index in [1.807, 2.05) is 30.3 Å². The second kappa shape index (κ2) is 9.32. The Balaban J connectivity index is 1.78. The van der Waals surface area contributed by atoms with Gasteiger partial charge in [-0.1, -0.05) is 80.1 Å². The molecule has 0 aliphatic carbocycles. The van der Waals surface area contributed by atoms with E-state index in [4.69, 9.17) is 0 Å². The van der Waals surface area contributed by atoms with Crippen molar-refractivity contribution in [2.75, 3.05) is 0 Å². The van der Waals surface area contributed by atoms with E-state index in [0.29, 0.717) is 5.56 Å². The second-order valence-electron chi connectivity index (χ2n) is 7.02. The van der Waals surface area contributed by atoms with Crippen LogP contribution in [0.25, 0.3) is 22.3 Å². The molecule has 3 aromatic carbocycles. The molecule has 0 atom stereocenters. The van der Waals surface area contributed by atoms with Gasteiger partial charge in [0.05, 0.1) is 0 Å². The summed E-state index contributed by atoms with van der Waals surface area (Å²) in [5.74, 6) is -0.179. The Morgan fingerprint density at radius 3 is 1.96 bits per heavy atom. The topological polar surface area (TPSA) is 0 Å². The summed E-state index contributed by atoms with van der Waals surface area (Å²) in [6, 6.07) is 22.2. The number of hydrogen-bond donors (Lipinski definition) is 0. The smallest absolute Gasteiger partial charge is 0.131 e. The van der Waals surface area contributed by atoms with Gasteiger partial charge in [0.25, 0.3) is 0 Å². The Hall–Kier alpha value is -2.67. The van der Waals surface area contributed by atoms with E-state index in [2.05, 4.69) is 49.9 Å². The molecule has 0 fully saturated rings. The number of unbranched alkanes of at least 4 members (excludes halogenated alkanes) is 1. The van der Waals surface area contributed by atoms with Crippen LogP contribution in [0.3, 0.4) is 0 Å². The molecule has 0 radical (unpaired) electrons. The maximum atomic E-state index is 14.8. The van der Waals surface area contributed by atoms with Gasteiger partial charge in [-0.3, -0.25) is 0 Å². The largest absolute Gasteiger partial charge is 0.206 e. The van der Waals surface area contributed by atoms with Crippen LogP contribution in [0.15, 0.2) is 79.4 Å². The lowest BCUT2D eigenvalue weighted by Gasteiger charge is -2.09. The molecular formula is C26H27F. The SMILES string of the molecule is C=CCCc1ccc(-c2ccc(-c3ccc(CCCC)cc3)cc2F)cc1. The molecule has 0 aromatic heterocycles. The van der Waals surface area contributed by atoms with E-state index in [1.165, 1.54) is 24.0 Å². The summed E-state index contributed by atoms with van der Waals surface area (Å²) in [6.07, 6.45) is 7.35. The first-order valence-electron chi connectivity index (χ1n) is 9.80. The van der Waals surface area contributed by atoms with Crippen molar-refractivity contribution in [3.05, 3.63) is 96.3 Å². The Bertz CT molecular complexity index is 873. The normalized spacial score (nSPS) is 10.7. The molecule has 27 heavy (non-hydrogen) atoms. The lowest BCUT2D eigenvalue weighted by molar-refractivity contribution is 0.632. The van der Waals surface area contributed by atoms with Gasteiger partial charge in [-0.2, -0.15) is 0 Å². The first kappa shape index (κ1) is 19.1. The zero-order chi connectivity index (χ0) is 19.1. The molecule has 0 spiro atoms. The molecule has 3 aromatic rings. The summed E-state index contributed by atoms with van der Waals surface area (Å²) in [7, 11) is 0. The standard InChI is InChI=1S/C26H27F/c1-3-5-7-20-9-13-22(14-10-20)24-17-18-25(26(27)19-24)23-15-11-21(12-16-23)8-6-4-2/h4,9-19H,2-3,5-8H2,1H3. The number of allylic oxidation sites excluding steroid dienone is 1. The van der Waals surface area contributed by atoms with Crippen LogP contribution >= 0.6 is 0 Å². The molecule has 0 aliphatic heterocycles. The third kappa shape index (κ3) is 4.95. The van der Waals surface area contributed by atoms with Gasteiger partial charge in [0.2, 0.25) is 0 Å². The van der Waals surface area contributed by atoms with Crippen molar-refractivity contribution in [3.8, 4) is 22.3 Å². The van der Waals surface area contributed by atoms with E-state index in [0.717, 1.165) is 36.0 Å². The van der Waals surface area contributed by atoms with Gasteiger partial charge in [0, 0.05) is 5.56 Å². The molecule has 0 aliphatic rings. The van der Waals surface area contributed by atoms with Gasteiger partial charge >= 0.3 is 0 Å². The van der Waals surface area contributed by atoms with Crippen LogP contribution in [0.1, 0.15) is 37.3 Å². The lowest BCUT2D eigenvalue weighted by atomic mass is 9.97. The second-order valence-corrected chi connectivity index (χ2v) is 7.02. The van der Waals surface area contributed by atoms with Crippen LogP contribution < -0.4 is 0 Å². The molecule has 0 nitrogen and oxygen atoms in total. The minimum atomic E-state index is -0.179. The minimum absolute atomic E-state index is 0.179. The molecule has 0 saturated heterocycles. The Kier molecular flexibility index (Phi) is 6.59. The maximum absolute atomic E-state index is 14.8. The highest BCUT2D eigenvalue weighted by Gasteiger charge is 2.08. The first-order valence-corrected chi connectivity index (χ1v) is 9.80. The maximum Gasteiger partial charge on any atom is 0.131 e. The highest BCUT2D eigenvalue weighted by molar-refractivity contribution is 5.71. The number of halogens is 1. The molecule has 138 valence electrons. The van der Waals surface area contributed by atoms with Gasteiger partial charge < -0.3 is 0 Å². The third-order valence-corrected chi connectivity index (χ3v) is 4.98. The predicted molar refractivity (Wildman–Crippen MR) is 114 cm³/mol. The Morgan fingerprint density at radius 2 is 1.37 bits per heavy atom. The Morgan fingerprint density at radius 1 is 0.778 bits per heavy atom. The van der Waals surface area contributed by atoms with Crippen LogP contribution in [0.4, 0.5) is 4.39 Å². The van der Waals surface area contributed by atoms with Crippen LogP contribution in [-0.2, 0) is 12.8 Å². The fourth-order valence-electron chi connectivity index (χ4n) is 3.29. The molecule has 0 heterocycles. The fraction of sp³-hybridized carbons (Fsp3) is 0.231. The summed E-state index contributed by atoms with van der Waals surface area (Å²) in [5, 5.41) is 0. The summed E-state index contributed by atoms with van der Waals surface area (Å²) >= 11 is 0.